The van der Waals surface area contributed by atoms with Gasteiger partial charge in [-0.25, -0.2) is 4.79 Å². The van der Waals surface area contributed by atoms with Crippen molar-refractivity contribution < 1.29 is 0 Å². The molecule has 1 unspecified atom stereocenters. The maximum Gasteiger partial charge on any atom is 0.329 e. The molecule has 0 aliphatic rings. The minimum absolute atomic E-state index is 0.0131. The number of benzene rings is 1. The molecule has 0 aliphatic heterocycles. The smallest absolute Gasteiger partial charge is 0.307 e. The quantitative estimate of drug-likeness (QED) is 0.898. The molecule has 4 nitrogen and oxygen atoms in total. The minimum atomic E-state index is -0.299. The molecule has 0 spiro atoms. The van der Waals surface area contributed by atoms with Gasteiger partial charge in [0, 0.05) is 6.04 Å². The molecule has 1 N–H and O–H groups in total. The molecular formula is C15H20N2O2. The van der Waals surface area contributed by atoms with Crippen LogP contribution in [0.3, 0.4) is 0 Å². The summed E-state index contributed by atoms with van der Waals surface area (Å²) in [6.45, 7) is 4.13. The van der Waals surface area contributed by atoms with E-state index in [1.165, 1.54) is 4.57 Å². The van der Waals surface area contributed by atoms with Crippen LogP contribution in [-0.4, -0.2) is 9.55 Å². The summed E-state index contributed by atoms with van der Waals surface area (Å²) in [5.74, 6) is 0. The van der Waals surface area contributed by atoms with Gasteiger partial charge < -0.3 is 4.98 Å². The van der Waals surface area contributed by atoms with Crippen LogP contribution in [0.2, 0.25) is 0 Å². The fourth-order valence-electron chi connectivity index (χ4n) is 2.46. The maximum absolute atomic E-state index is 12.5. The summed E-state index contributed by atoms with van der Waals surface area (Å²) < 4.78 is 1.39. The zero-order valence-corrected chi connectivity index (χ0v) is 11.5. The molecule has 102 valence electrons. The van der Waals surface area contributed by atoms with Crippen LogP contribution in [0.15, 0.2) is 33.9 Å². The zero-order chi connectivity index (χ0) is 13.8. The third-order valence-electron chi connectivity index (χ3n) is 3.56. The van der Waals surface area contributed by atoms with E-state index >= 15 is 0 Å². The summed E-state index contributed by atoms with van der Waals surface area (Å²) in [7, 11) is 0. The van der Waals surface area contributed by atoms with E-state index in [0.29, 0.717) is 10.9 Å². The fourth-order valence-corrected chi connectivity index (χ4v) is 2.46. The molecular weight excluding hydrogens is 240 g/mol. The van der Waals surface area contributed by atoms with E-state index in [4.69, 9.17) is 0 Å². The molecule has 0 amide bonds. The van der Waals surface area contributed by atoms with Gasteiger partial charge in [0.15, 0.2) is 0 Å². The predicted octanol–water partition coefficient (Wildman–Crippen LogP) is 2.83. The monoisotopic (exact) mass is 260 g/mol. The molecule has 4 heteroatoms. The maximum atomic E-state index is 12.5. The molecule has 0 bridgehead atoms. The topological polar surface area (TPSA) is 54.9 Å². The molecule has 0 saturated carbocycles. The van der Waals surface area contributed by atoms with E-state index < -0.39 is 0 Å². The van der Waals surface area contributed by atoms with Crippen molar-refractivity contribution in [3.8, 4) is 0 Å². The Balaban J connectivity index is 2.59. The summed E-state index contributed by atoms with van der Waals surface area (Å²) in [6, 6.07) is 7.14. The molecule has 1 atom stereocenters. The summed E-state index contributed by atoms with van der Waals surface area (Å²) in [6.07, 6.45) is 3.75. The lowest BCUT2D eigenvalue weighted by Gasteiger charge is -2.17. The number of unbranched alkanes of at least 4 members (excludes halogenated alkanes) is 1. The van der Waals surface area contributed by atoms with E-state index in [1.807, 2.05) is 19.1 Å². The van der Waals surface area contributed by atoms with Crippen LogP contribution in [-0.2, 0) is 0 Å². The number of fused-ring (bicyclic) bond motifs is 1. The van der Waals surface area contributed by atoms with Gasteiger partial charge in [0.05, 0.1) is 10.9 Å². The molecule has 1 heterocycles. The highest BCUT2D eigenvalue weighted by Gasteiger charge is 2.15. The number of para-hydroxylation sites is 1. The lowest BCUT2D eigenvalue weighted by molar-refractivity contribution is 0.413. The van der Waals surface area contributed by atoms with Gasteiger partial charge in [0.1, 0.15) is 0 Å². The zero-order valence-electron chi connectivity index (χ0n) is 11.5. The Labute approximate surface area is 112 Å². The second-order valence-electron chi connectivity index (χ2n) is 4.86. The van der Waals surface area contributed by atoms with Crippen LogP contribution >= 0.6 is 0 Å². The van der Waals surface area contributed by atoms with Crippen LogP contribution in [0, 0.1) is 0 Å². The molecule has 1 aromatic carbocycles. The Bertz CT molecular complexity index is 670. The molecule has 0 aliphatic carbocycles. The van der Waals surface area contributed by atoms with Crippen molar-refractivity contribution in [2.45, 2.75) is 45.6 Å². The standard InChI is InChI=1S/C15H20N2O2/c1-3-5-8-11(4-2)17-14(18)12-9-6-7-10-13(12)16-15(17)19/h6-7,9-11H,3-5,8H2,1-2H3,(H,16,19). The molecule has 2 rings (SSSR count). The number of nitrogens with zero attached hydrogens (tertiary/aromatic N) is 1. The first-order valence-electron chi connectivity index (χ1n) is 6.92. The second kappa shape index (κ2) is 5.87. The molecule has 0 radical (unpaired) electrons. The Morgan fingerprint density at radius 3 is 2.63 bits per heavy atom. The fraction of sp³-hybridized carbons (Fsp3) is 0.467. The van der Waals surface area contributed by atoms with Gasteiger partial charge in [-0.05, 0) is 25.0 Å². The lowest BCUT2D eigenvalue weighted by Crippen LogP contribution is -2.37. The minimum Gasteiger partial charge on any atom is -0.307 e. The van der Waals surface area contributed by atoms with Crippen LogP contribution in [0.1, 0.15) is 45.6 Å². The van der Waals surface area contributed by atoms with E-state index in [0.717, 1.165) is 25.7 Å². The highest BCUT2D eigenvalue weighted by atomic mass is 16.2. The highest BCUT2D eigenvalue weighted by molar-refractivity contribution is 5.76. The van der Waals surface area contributed by atoms with Crippen molar-refractivity contribution >= 4 is 10.9 Å². The van der Waals surface area contributed by atoms with Gasteiger partial charge in [0.25, 0.3) is 5.56 Å². The van der Waals surface area contributed by atoms with E-state index in [9.17, 15) is 9.59 Å². The summed E-state index contributed by atoms with van der Waals surface area (Å²) >= 11 is 0. The molecule has 19 heavy (non-hydrogen) atoms. The van der Waals surface area contributed by atoms with Crippen LogP contribution in [0.25, 0.3) is 10.9 Å². The number of aromatic nitrogens is 2. The van der Waals surface area contributed by atoms with Crippen molar-refractivity contribution in [1.29, 1.82) is 0 Å². The first kappa shape index (κ1) is 13.6. The predicted molar refractivity (Wildman–Crippen MR) is 77.7 cm³/mol. The normalized spacial score (nSPS) is 12.7. The Kier molecular flexibility index (Phi) is 4.20. The molecule has 0 fully saturated rings. The van der Waals surface area contributed by atoms with Gasteiger partial charge in [-0.2, -0.15) is 0 Å². The summed E-state index contributed by atoms with van der Waals surface area (Å²) in [4.78, 5) is 27.4. The van der Waals surface area contributed by atoms with E-state index in [1.54, 1.807) is 12.1 Å². The third kappa shape index (κ3) is 2.62. The van der Waals surface area contributed by atoms with Gasteiger partial charge in [-0.3, -0.25) is 9.36 Å². The summed E-state index contributed by atoms with van der Waals surface area (Å²) in [5, 5.41) is 0.581. The van der Waals surface area contributed by atoms with Crippen molar-refractivity contribution in [3.05, 3.63) is 45.1 Å². The van der Waals surface area contributed by atoms with Crippen LogP contribution in [0.4, 0.5) is 0 Å². The first-order chi connectivity index (χ1) is 9.19. The van der Waals surface area contributed by atoms with Crippen molar-refractivity contribution in [3.63, 3.8) is 0 Å². The molecule has 2 aromatic rings. The molecule has 1 aromatic heterocycles. The Morgan fingerprint density at radius 1 is 1.21 bits per heavy atom. The number of hydrogen-bond acceptors (Lipinski definition) is 2. The van der Waals surface area contributed by atoms with Gasteiger partial charge in [0.2, 0.25) is 0 Å². The molecule has 0 saturated heterocycles. The van der Waals surface area contributed by atoms with Crippen LogP contribution in [0.5, 0.6) is 0 Å². The lowest BCUT2D eigenvalue weighted by atomic mass is 10.1. The number of hydrogen-bond donors (Lipinski definition) is 1. The van der Waals surface area contributed by atoms with E-state index in [2.05, 4.69) is 11.9 Å². The SMILES string of the molecule is CCCCC(CC)n1c(=O)[nH]c2ccccc2c1=O. The van der Waals surface area contributed by atoms with Crippen molar-refractivity contribution in [2.75, 3.05) is 0 Å². The van der Waals surface area contributed by atoms with Gasteiger partial charge >= 0.3 is 5.69 Å². The number of rotatable bonds is 5. The largest absolute Gasteiger partial charge is 0.329 e. The van der Waals surface area contributed by atoms with Gasteiger partial charge in [-0.15, -0.1) is 0 Å². The Hall–Kier alpha value is -1.84. The number of H-pyrrole nitrogens is 1. The average Bonchev–Trinajstić information content (AvgIpc) is 2.42. The van der Waals surface area contributed by atoms with Crippen molar-refractivity contribution in [1.82, 2.24) is 9.55 Å². The van der Waals surface area contributed by atoms with Crippen molar-refractivity contribution in [2.24, 2.45) is 0 Å². The van der Waals surface area contributed by atoms with Gasteiger partial charge in [-0.1, -0.05) is 38.8 Å². The highest BCUT2D eigenvalue weighted by Crippen LogP contribution is 2.16. The third-order valence-corrected chi connectivity index (χ3v) is 3.56. The van der Waals surface area contributed by atoms with Crippen LogP contribution < -0.4 is 11.2 Å². The average molecular weight is 260 g/mol. The number of nitrogens with one attached hydrogen (secondary N) is 1. The second-order valence-corrected chi connectivity index (χ2v) is 4.86. The Morgan fingerprint density at radius 2 is 1.95 bits per heavy atom. The first-order valence-corrected chi connectivity index (χ1v) is 6.92. The summed E-state index contributed by atoms with van der Waals surface area (Å²) in [5.41, 5.74) is 0.132. The van der Waals surface area contributed by atoms with E-state index in [-0.39, 0.29) is 17.3 Å². The number of aromatic amines is 1.